The van der Waals surface area contributed by atoms with E-state index in [0.29, 0.717) is 98.9 Å². The molecule has 432 valence electrons. The molecule has 7 rings (SSSR count). The van der Waals surface area contributed by atoms with Crippen LogP contribution in [0.25, 0.3) is 12.2 Å². The van der Waals surface area contributed by atoms with Crippen molar-refractivity contribution >= 4 is 148 Å². The van der Waals surface area contributed by atoms with Gasteiger partial charge in [0.2, 0.25) is 27.2 Å². The first-order chi connectivity index (χ1) is 39.9. The van der Waals surface area contributed by atoms with E-state index in [1.54, 1.807) is 79.9 Å². The van der Waals surface area contributed by atoms with Crippen LogP contribution in [0.1, 0.15) is 58.2 Å². The van der Waals surface area contributed by atoms with Gasteiger partial charge in [0.05, 0.1) is 57.9 Å². The predicted molar refractivity (Wildman–Crippen MR) is 326 cm³/mol. The number of rotatable bonds is 27. The van der Waals surface area contributed by atoms with Crippen LogP contribution < -0.4 is 40.5 Å². The van der Waals surface area contributed by atoms with Crippen LogP contribution in [0.15, 0.2) is 133 Å². The van der Waals surface area contributed by atoms with Crippen LogP contribution in [-0.4, -0.2) is 107 Å². The van der Waals surface area contributed by atoms with Gasteiger partial charge in [0.1, 0.15) is 22.9 Å². The average molecular weight is 1200 g/mol. The number of ketones is 2. The first kappa shape index (κ1) is 61.8. The molecule has 3 heterocycles. The number of amides is 2. The molecular formula is C55H59N15O9S4. The second kappa shape index (κ2) is 28.7. The Morgan fingerprint density at radius 3 is 1.54 bits per heavy atom. The molecule has 28 heteroatoms. The molecule has 0 radical (unpaired) electrons. The van der Waals surface area contributed by atoms with E-state index in [1.165, 1.54) is 38.1 Å². The summed E-state index contributed by atoms with van der Waals surface area (Å²) in [5, 5.41) is 29.3. The van der Waals surface area contributed by atoms with Gasteiger partial charge in [-0.1, -0.05) is 77.8 Å². The number of hydrogen-bond acceptors (Lipinski definition) is 24. The monoisotopic (exact) mass is 1200 g/mol. The highest BCUT2D eigenvalue weighted by Gasteiger charge is 2.26. The van der Waals surface area contributed by atoms with Gasteiger partial charge in [0.15, 0.2) is 16.7 Å². The minimum absolute atomic E-state index is 0.0674. The number of methoxy groups -OCH3 is 2. The van der Waals surface area contributed by atoms with E-state index in [9.17, 15) is 32.1 Å². The predicted octanol–water partition coefficient (Wildman–Crippen LogP) is 12.4. The Morgan fingerprint density at radius 1 is 0.639 bits per heavy atom. The van der Waals surface area contributed by atoms with Crippen LogP contribution >= 0.6 is 34.4 Å². The number of azo groups is 2. The first-order valence-corrected chi connectivity index (χ1v) is 29.8. The minimum Gasteiger partial charge on any atom is -0.494 e. The fourth-order valence-electron chi connectivity index (χ4n) is 7.91. The quantitative estimate of drug-likeness (QED) is 0.00798. The third-order valence-corrected chi connectivity index (χ3v) is 15.3. The molecule has 0 aliphatic rings. The number of para-hydroxylation sites is 2. The summed E-state index contributed by atoms with van der Waals surface area (Å²) in [6.07, 6.45) is 3.97. The van der Waals surface area contributed by atoms with Crippen molar-refractivity contribution in [3.8, 4) is 11.5 Å². The molecule has 24 nitrogen and oxygen atoms in total. The third-order valence-electron chi connectivity index (χ3n) is 11.9. The van der Waals surface area contributed by atoms with E-state index in [1.807, 2.05) is 51.7 Å². The van der Waals surface area contributed by atoms with Gasteiger partial charge in [0.25, 0.3) is 11.8 Å². The van der Waals surface area contributed by atoms with Crippen LogP contribution in [0.5, 0.6) is 11.5 Å². The van der Waals surface area contributed by atoms with Crippen molar-refractivity contribution in [3.63, 3.8) is 0 Å². The summed E-state index contributed by atoms with van der Waals surface area (Å²) < 4.78 is 47.4. The number of thiazole rings is 2. The van der Waals surface area contributed by atoms with Gasteiger partial charge in [-0.05, 0) is 95.8 Å². The highest BCUT2D eigenvalue weighted by Crippen LogP contribution is 2.43. The number of anilines is 8. The van der Waals surface area contributed by atoms with Crippen LogP contribution in [0.3, 0.4) is 0 Å². The molecule has 0 aliphatic carbocycles. The summed E-state index contributed by atoms with van der Waals surface area (Å²) in [5.41, 5.74) is 3.05. The highest BCUT2D eigenvalue weighted by molar-refractivity contribution is 7.99. The fraction of sp³-hybridized carbons (Fsp3) is 0.255. The second-order valence-electron chi connectivity index (χ2n) is 17.3. The summed E-state index contributed by atoms with van der Waals surface area (Å²) in [4.78, 5) is 79.0. The Balaban J connectivity index is 1.27. The normalized spacial score (nSPS) is 11.9. The molecule has 0 atom stereocenters. The number of nitrogens with zero attached hydrogens (tertiary/aromatic N) is 11. The van der Waals surface area contributed by atoms with E-state index < -0.39 is 44.1 Å². The van der Waals surface area contributed by atoms with Crippen molar-refractivity contribution in [2.75, 3.05) is 77.2 Å². The Morgan fingerprint density at radius 2 is 1.11 bits per heavy atom. The number of ether oxygens (including phenoxy) is 2. The summed E-state index contributed by atoms with van der Waals surface area (Å²) in [6, 6.07) is 24.1. The second-order valence-corrected chi connectivity index (χ2v) is 21.9. The van der Waals surface area contributed by atoms with E-state index in [4.69, 9.17) is 24.4 Å². The molecule has 0 fully saturated rings. The molecular weight excluding hydrogens is 1140 g/mol. The largest absolute Gasteiger partial charge is 0.494 e. The van der Waals surface area contributed by atoms with Crippen molar-refractivity contribution in [2.45, 2.75) is 58.6 Å². The number of nitrogens with one attached hydrogen (secondary N) is 4. The number of carbonyl (C=O) groups excluding carboxylic acids is 4. The van der Waals surface area contributed by atoms with Gasteiger partial charge in [-0.25, -0.2) is 9.97 Å². The average Bonchev–Trinajstić information content (AvgIpc) is 4.36. The molecule has 0 aliphatic heterocycles. The highest BCUT2D eigenvalue weighted by atomic mass is 32.2. The molecule has 2 amide bonds. The zero-order valence-electron chi connectivity index (χ0n) is 46.6. The van der Waals surface area contributed by atoms with Crippen LogP contribution in [0.4, 0.5) is 67.7 Å². The molecule has 0 saturated carbocycles. The van der Waals surface area contributed by atoms with Gasteiger partial charge < -0.3 is 40.5 Å². The van der Waals surface area contributed by atoms with E-state index in [0.717, 1.165) is 30.0 Å². The molecule has 0 spiro atoms. The summed E-state index contributed by atoms with van der Waals surface area (Å²) >= 11 is 3.12. The number of benzene rings is 4. The topological polar surface area (TPSA) is 310 Å². The standard InChI is InChI=1S/C55H59N15O9S4/c1-10-69(11-2)43-27-39(41(29-45(43)78-8)65-67-53-56-31-36(81-53)25-37(32(6)71)48(73)57-34-21-17-15-18-22-34)59-51-62-52(64-54(63-51)80-14-5)60-40-28-44(70(12-3)13-4)46(79-9)30-42(40)66-68-55-61-50(83(75,76)77)47(82-55)26-38(33(7)72)49(74)58-35-23-19-16-20-24-35/h15-31H,10-14H2,1-9H3,(H,57,73)(H,58,74)(H,75,76,77)(H2,59,60,62,63,64)/b37-25+,38-26-,67-65?,68-66?. The summed E-state index contributed by atoms with van der Waals surface area (Å²) in [5.74, 6) is -0.847. The van der Waals surface area contributed by atoms with Crippen molar-refractivity contribution in [2.24, 2.45) is 20.5 Å². The van der Waals surface area contributed by atoms with Crippen molar-refractivity contribution in [3.05, 3.63) is 112 Å². The number of carbonyl (C=O) groups is 4. The Bertz CT molecular complexity index is 3730. The van der Waals surface area contributed by atoms with Crippen LogP contribution in [0, 0.1) is 0 Å². The Kier molecular flexibility index (Phi) is 21.4. The van der Waals surface area contributed by atoms with E-state index >= 15 is 0 Å². The lowest BCUT2D eigenvalue weighted by Gasteiger charge is -2.25. The van der Waals surface area contributed by atoms with Gasteiger partial charge in [0, 0.05) is 55.9 Å². The zero-order chi connectivity index (χ0) is 59.8. The molecule has 4 aromatic carbocycles. The molecule has 0 unspecified atom stereocenters. The van der Waals surface area contributed by atoms with Gasteiger partial charge in [-0.15, -0.1) is 20.5 Å². The van der Waals surface area contributed by atoms with Gasteiger partial charge in [-0.2, -0.15) is 23.4 Å². The third kappa shape index (κ3) is 16.2. The molecule has 7 aromatic rings. The van der Waals surface area contributed by atoms with Crippen molar-refractivity contribution < 1.29 is 41.6 Å². The maximum Gasteiger partial charge on any atom is 0.313 e. The molecule has 5 N–H and O–H groups in total. The van der Waals surface area contributed by atoms with Crippen molar-refractivity contribution in [1.82, 2.24) is 24.9 Å². The SMILES string of the molecule is CCSc1nc(Nc2cc(N(CC)CC)c(OC)cc2N=Nc2ncc(/C=C(\C(C)=O)C(=O)Nc3ccccc3)s2)nc(Nc2cc(N(CC)CC)c(OC)cc2N=Nc2nc(S(=O)(=O)O)c(/C=C(/C(C)=O)C(=O)Nc3ccccc3)s2)n1. The fourth-order valence-corrected chi connectivity index (χ4v) is 10.9. The summed E-state index contributed by atoms with van der Waals surface area (Å²) in [7, 11) is -1.97. The molecule has 0 saturated heterocycles. The van der Waals surface area contributed by atoms with E-state index in [-0.39, 0.29) is 38.3 Å². The number of thioether (sulfide) groups is 1. The lowest BCUT2D eigenvalue weighted by atomic mass is 10.1. The maximum absolute atomic E-state index is 13.3. The number of hydrogen-bond donors (Lipinski definition) is 5. The van der Waals surface area contributed by atoms with Crippen LogP contribution in [-0.2, 0) is 29.3 Å². The number of aromatic nitrogens is 5. The van der Waals surface area contributed by atoms with Crippen LogP contribution in [0.2, 0.25) is 0 Å². The maximum atomic E-state index is 13.3. The number of Topliss-reactive ketones (excluding diaryl/α,β-unsaturated/α-hetero) is 2. The Labute approximate surface area is 491 Å². The first-order valence-electron chi connectivity index (χ1n) is 25.7. The van der Waals surface area contributed by atoms with Gasteiger partial charge >= 0.3 is 10.1 Å². The Hall–Kier alpha value is -8.83. The molecule has 0 bridgehead atoms. The van der Waals surface area contributed by atoms with Gasteiger partial charge in [-0.3, -0.25) is 23.7 Å². The zero-order valence-corrected chi connectivity index (χ0v) is 49.9. The smallest absolute Gasteiger partial charge is 0.313 e. The van der Waals surface area contributed by atoms with Crippen molar-refractivity contribution in [1.29, 1.82) is 0 Å². The van der Waals surface area contributed by atoms with E-state index in [2.05, 4.69) is 56.6 Å². The molecule has 3 aromatic heterocycles. The molecule has 83 heavy (non-hydrogen) atoms. The summed E-state index contributed by atoms with van der Waals surface area (Å²) in [6.45, 7) is 14.9. The lowest BCUT2D eigenvalue weighted by Crippen LogP contribution is -2.22. The minimum atomic E-state index is -5.02. The lowest BCUT2D eigenvalue weighted by molar-refractivity contribution is -0.120.